The van der Waals surface area contributed by atoms with Gasteiger partial charge in [-0.1, -0.05) is 0 Å². The molecule has 0 aliphatic carbocycles. The lowest BCUT2D eigenvalue weighted by molar-refractivity contribution is 0.0374. The van der Waals surface area contributed by atoms with Gasteiger partial charge in [-0.3, -0.25) is 9.69 Å². The van der Waals surface area contributed by atoms with Crippen molar-refractivity contribution in [2.45, 2.75) is 13.0 Å². The maximum atomic E-state index is 13.6. The molecule has 1 saturated heterocycles. The molecule has 0 bridgehead atoms. The number of halogens is 4. The number of ether oxygens (including phenoxy) is 2. The molecule has 1 aromatic carbocycles. The first-order valence-corrected chi connectivity index (χ1v) is 9.08. The highest BCUT2D eigenvalue weighted by molar-refractivity contribution is 5.91. The molecule has 1 aliphatic heterocycles. The number of hydrogen-bond acceptors (Lipinski definition) is 5. The average molecular weight is 416 g/mol. The first-order chi connectivity index (χ1) is 14.0. The Morgan fingerprint density at radius 3 is 2.48 bits per heavy atom. The van der Waals surface area contributed by atoms with E-state index in [9.17, 15) is 22.4 Å². The fourth-order valence-electron chi connectivity index (χ4n) is 2.82. The van der Waals surface area contributed by atoms with E-state index in [2.05, 4.69) is 10.2 Å². The van der Waals surface area contributed by atoms with Crippen molar-refractivity contribution in [2.75, 3.05) is 39.4 Å². The summed E-state index contributed by atoms with van der Waals surface area (Å²) in [5.74, 6) is -8.03. The molecular weight excluding hydrogens is 396 g/mol. The Morgan fingerprint density at radius 2 is 1.79 bits per heavy atom. The summed E-state index contributed by atoms with van der Waals surface area (Å²) in [7, 11) is 0. The fraction of sp³-hybridized carbons (Fsp3) is 0.421. The van der Waals surface area contributed by atoms with Crippen LogP contribution in [0.3, 0.4) is 0 Å². The van der Waals surface area contributed by atoms with Gasteiger partial charge in [0.2, 0.25) is 11.6 Å². The number of morpholine rings is 1. The Labute approximate surface area is 164 Å². The van der Waals surface area contributed by atoms with E-state index in [0.29, 0.717) is 19.8 Å². The van der Waals surface area contributed by atoms with Crippen LogP contribution in [-0.4, -0.2) is 50.2 Å². The number of benzene rings is 1. The topological polar surface area (TPSA) is 63.9 Å². The molecule has 0 spiro atoms. The van der Waals surface area contributed by atoms with Crippen molar-refractivity contribution in [3.63, 3.8) is 0 Å². The smallest absolute Gasteiger partial charge is 0.286 e. The molecular formula is C19H20F4N2O4. The molecule has 6 nitrogen and oxygen atoms in total. The summed E-state index contributed by atoms with van der Waals surface area (Å²) in [6, 6.07) is 2.83. The number of rotatable bonds is 8. The SMILES string of the molecule is O=C(NCCCN1CCOCC1)c1ccc(COc2c(F)c(F)cc(F)c2F)o1. The van der Waals surface area contributed by atoms with Crippen LogP contribution in [0.25, 0.3) is 0 Å². The first-order valence-electron chi connectivity index (χ1n) is 9.08. The summed E-state index contributed by atoms with van der Waals surface area (Å²) in [6.07, 6.45) is 0.756. The third kappa shape index (κ3) is 5.48. The molecule has 10 heteroatoms. The van der Waals surface area contributed by atoms with Crippen molar-refractivity contribution in [1.29, 1.82) is 0 Å². The number of hydrogen-bond donors (Lipinski definition) is 1. The van der Waals surface area contributed by atoms with Gasteiger partial charge in [-0.2, -0.15) is 8.78 Å². The third-order valence-corrected chi connectivity index (χ3v) is 4.36. The Balaban J connectivity index is 1.47. The van der Waals surface area contributed by atoms with Crippen LogP contribution in [-0.2, 0) is 11.3 Å². The molecule has 1 amide bonds. The predicted molar refractivity (Wildman–Crippen MR) is 93.5 cm³/mol. The minimum absolute atomic E-state index is 0.0126. The van der Waals surface area contributed by atoms with Gasteiger partial charge in [-0.05, 0) is 25.1 Å². The summed E-state index contributed by atoms with van der Waals surface area (Å²) in [5.41, 5.74) is 0. The van der Waals surface area contributed by atoms with E-state index in [4.69, 9.17) is 13.9 Å². The number of nitrogens with one attached hydrogen (secondary N) is 1. The van der Waals surface area contributed by atoms with Crippen molar-refractivity contribution >= 4 is 5.91 Å². The lowest BCUT2D eigenvalue weighted by Gasteiger charge is -2.26. The first kappa shape index (κ1) is 21.1. The van der Waals surface area contributed by atoms with E-state index in [1.165, 1.54) is 12.1 Å². The summed E-state index contributed by atoms with van der Waals surface area (Å²) in [6.45, 7) is 3.92. The largest absolute Gasteiger partial charge is 0.479 e. The van der Waals surface area contributed by atoms with Gasteiger partial charge in [0.15, 0.2) is 23.1 Å². The molecule has 158 valence electrons. The minimum atomic E-state index is -1.64. The molecule has 0 atom stereocenters. The molecule has 0 radical (unpaired) electrons. The van der Waals surface area contributed by atoms with Crippen LogP contribution in [0.2, 0.25) is 0 Å². The molecule has 29 heavy (non-hydrogen) atoms. The van der Waals surface area contributed by atoms with Crippen LogP contribution in [0, 0.1) is 23.3 Å². The second-order valence-electron chi connectivity index (χ2n) is 6.42. The lowest BCUT2D eigenvalue weighted by atomic mass is 10.3. The molecule has 1 N–H and O–H groups in total. The second kappa shape index (κ2) is 9.75. The number of amides is 1. The Kier molecular flexibility index (Phi) is 7.10. The van der Waals surface area contributed by atoms with Crippen LogP contribution in [0.1, 0.15) is 22.7 Å². The van der Waals surface area contributed by atoms with Gasteiger partial charge in [0, 0.05) is 25.7 Å². The van der Waals surface area contributed by atoms with Gasteiger partial charge in [0.05, 0.1) is 13.2 Å². The van der Waals surface area contributed by atoms with Crippen molar-refractivity contribution in [3.05, 3.63) is 53.0 Å². The maximum absolute atomic E-state index is 13.6. The standard InChI is InChI=1S/C19H20F4N2O4/c20-13-10-14(21)17(23)18(16(13)22)28-11-12-2-3-15(29-12)19(26)24-4-1-5-25-6-8-27-9-7-25/h2-3,10H,1,4-9,11H2,(H,24,26). The summed E-state index contributed by atoms with van der Waals surface area (Å²) < 4.78 is 68.8. The zero-order valence-electron chi connectivity index (χ0n) is 15.5. The Bertz CT molecular complexity index is 827. The predicted octanol–water partition coefficient (Wildman–Crippen LogP) is 2.87. The normalized spacial score (nSPS) is 14.8. The monoisotopic (exact) mass is 416 g/mol. The van der Waals surface area contributed by atoms with Crippen LogP contribution in [0.15, 0.2) is 22.6 Å². The van der Waals surface area contributed by atoms with Crippen LogP contribution in [0.4, 0.5) is 17.6 Å². The minimum Gasteiger partial charge on any atom is -0.479 e. The summed E-state index contributed by atoms with van der Waals surface area (Å²) >= 11 is 0. The van der Waals surface area contributed by atoms with E-state index in [-0.39, 0.29) is 17.6 Å². The molecule has 1 aliphatic rings. The third-order valence-electron chi connectivity index (χ3n) is 4.36. The van der Waals surface area contributed by atoms with Gasteiger partial charge >= 0.3 is 0 Å². The Hall–Kier alpha value is -2.59. The quantitative estimate of drug-likeness (QED) is 0.407. The van der Waals surface area contributed by atoms with Crippen LogP contribution < -0.4 is 10.1 Å². The van der Waals surface area contributed by atoms with E-state index < -0.39 is 41.5 Å². The van der Waals surface area contributed by atoms with E-state index in [1.807, 2.05) is 0 Å². The number of nitrogens with zero attached hydrogens (tertiary/aromatic N) is 1. The molecule has 1 aromatic heterocycles. The van der Waals surface area contributed by atoms with Crippen molar-refractivity contribution < 1.29 is 36.2 Å². The number of furan rings is 1. The molecule has 2 heterocycles. The highest BCUT2D eigenvalue weighted by atomic mass is 19.2. The average Bonchev–Trinajstić information content (AvgIpc) is 3.19. The highest BCUT2D eigenvalue weighted by Crippen LogP contribution is 2.27. The second-order valence-corrected chi connectivity index (χ2v) is 6.42. The summed E-state index contributed by atoms with van der Waals surface area (Å²) in [5, 5.41) is 2.71. The number of carbonyl (C=O) groups excluding carboxylic acids is 1. The molecule has 3 rings (SSSR count). The zero-order chi connectivity index (χ0) is 20.8. The molecule has 0 saturated carbocycles. The van der Waals surface area contributed by atoms with Crippen LogP contribution >= 0.6 is 0 Å². The van der Waals surface area contributed by atoms with Crippen molar-refractivity contribution in [3.8, 4) is 5.75 Å². The summed E-state index contributed by atoms with van der Waals surface area (Å²) in [4.78, 5) is 14.3. The van der Waals surface area contributed by atoms with Gasteiger partial charge in [-0.15, -0.1) is 0 Å². The lowest BCUT2D eigenvalue weighted by Crippen LogP contribution is -2.38. The molecule has 0 unspecified atom stereocenters. The van der Waals surface area contributed by atoms with Gasteiger partial charge in [0.1, 0.15) is 12.4 Å². The van der Waals surface area contributed by atoms with E-state index in [1.54, 1.807) is 0 Å². The molecule has 1 fully saturated rings. The van der Waals surface area contributed by atoms with Gasteiger partial charge in [0.25, 0.3) is 5.91 Å². The maximum Gasteiger partial charge on any atom is 0.286 e. The highest BCUT2D eigenvalue weighted by Gasteiger charge is 2.21. The Morgan fingerprint density at radius 1 is 1.10 bits per heavy atom. The zero-order valence-corrected chi connectivity index (χ0v) is 15.5. The molecule has 2 aromatic rings. The van der Waals surface area contributed by atoms with Gasteiger partial charge in [-0.25, -0.2) is 8.78 Å². The van der Waals surface area contributed by atoms with E-state index >= 15 is 0 Å². The van der Waals surface area contributed by atoms with Gasteiger partial charge < -0.3 is 19.2 Å². The van der Waals surface area contributed by atoms with Crippen molar-refractivity contribution in [1.82, 2.24) is 10.2 Å². The van der Waals surface area contributed by atoms with Crippen molar-refractivity contribution in [2.24, 2.45) is 0 Å². The van der Waals surface area contributed by atoms with Crippen LogP contribution in [0.5, 0.6) is 5.75 Å². The van der Waals surface area contributed by atoms with E-state index in [0.717, 1.165) is 26.1 Å². The fourth-order valence-corrected chi connectivity index (χ4v) is 2.82. The number of carbonyl (C=O) groups is 1.